The molecule has 0 unspecified atom stereocenters. The van der Waals surface area contributed by atoms with E-state index in [4.69, 9.17) is 4.42 Å². The number of nitrogens with zero attached hydrogens (tertiary/aromatic N) is 3. The van der Waals surface area contributed by atoms with E-state index >= 15 is 0 Å². The third-order valence-corrected chi connectivity index (χ3v) is 2.59. The van der Waals surface area contributed by atoms with Crippen LogP contribution in [0.15, 0.2) is 23.0 Å². The van der Waals surface area contributed by atoms with E-state index in [0.29, 0.717) is 6.54 Å². The number of aromatic amines is 1. The molecule has 18 heavy (non-hydrogen) atoms. The van der Waals surface area contributed by atoms with Crippen LogP contribution in [0.3, 0.4) is 0 Å². The maximum absolute atomic E-state index is 12.1. The van der Waals surface area contributed by atoms with Gasteiger partial charge in [0.2, 0.25) is 5.82 Å². The van der Waals surface area contributed by atoms with Gasteiger partial charge in [-0.15, -0.1) is 5.10 Å². The van der Waals surface area contributed by atoms with Gasteiger partial charge in [-0.05, 0) is 6.07 Å². The SMILES string of the molecule is CC(C)c1nc(C(=O)N(C)Cc2ccoc2)n[nH]1. The van der Waals surface area contributed by atoms with Gasteiger partial charge in [0.1, 0.15) is 5.82 Å². The summed E-state index contributed by atoms with van der Waals surface area (Å²) in [6.07, 6.45) is 3.19. The molecular formula is C12H16N4O2. The first-order valence-corrected chi connectivity index (χ1v) is 5.76. The molecule has 2 aromatic heterocycles. The van der Waals surface area contributed by atoms with Crippen molar-refractivity contribution in [1.82, 2.24) is 20.1 Å². The Hall–Kier alpha value is -2.11. The van der Waals surface area contributed by atoms with E-state index in [9.17, 15) is 4.79 Å². The molecule has 0 radical (unpaired) electrons. The molecule has 0 aliphatic carbocycles. The fourth-order valence-corrected chi connectivity index (χ4v) is 1.53. The Labute approximate surface area is 105 Å². The fourth-order valence-electron chi connectivity index (χ4n) is 1.53. The third-order valence-electron chi connectivity index (χ3n) is 2.59. The van der Waals surface area contributed by atoms with Crippen molar-refractivity contribution in [2.75, 3.05) is 7.05 Å². The van der Waals surface area contributed by atoms with Crippen LogP contribution in [0.2, 0.25) is 0 Å². The van der Waals surface area contributed by atoms with E-state index < -0.39 is 0 Å². The second-order valence-electron chi connectivity index (χ2n) is 4.49. The number of aromatic nitrogens is 3. The Morgan fingerprint density at radius 2 is 2.33 bits per heavy atom. The van der Waals surface area contributed by atoms with Gasteiger partial charge in [0, 0.05) is 25.1 Å². The highest BCUT2D eigenvalue weighted by Gasteiger charge is 2.18. The van der Waals surface area contributed by atoms with E-state index in [1.807, 2.05) is 19.9 Å². The summed E-state index contributed by atoms with van der Waals surface area (Å²) in [4.78, 5) is 17.8. The summed E-state index contributed by atoms with van der Waals surface area (Å²) in [7, 11) is 1.71. The lowest BCUT2D eigenvalue weighted by atomic mass is 10.2. The van der Waals surface area contributed by atoms with Crippen LogP contribution in [0.1, 0.15) is 41.8 Å². The zero-order valence-corrected chi connectivity index (χ0v) is 10.7. The van der Waals surface area contributed by atoms with Crippen molar-refractivity contribution in [2.45, 2.75) is 26.3 Å². The Kier molecular flexibility index (Phi) is 3.45. The van der Waals surface area contributed by atoms with Crippen molar-refractivity contribution in [2.24, 2.45) is 0 Å². The van der Waals surface area contributed by atoms with Crippen molar-refractivity contribution in [3.63, 3.8) is 0 Å². The van der Waals surface area contributed by atoms with Crippen LogP contribution in [0.25, 0.3) is 0 Å². The van der Waals surface area contributed by atoms with Crippen LogP contribution >= 0.6 is 0 Å². The number of amides is 1. The number of hydrogen-bond acceptors (Lipinski definition) is 4. The highest BCUT2D eigenvalue weighted by Crippen LogP contribution is 2.10. The first kappa shape index (κ1) is 12.3. The van der Waals surface area contributed by atoms with Gasteiger partial charge in [0.05, 0.1) is 12.5 Å². The number of furan rings is 1. The zero-order chi connectivity index (χ0) is 13.1. The molecule has 0 atom stereocenters. The minimum Gasteiger partial charge on any atom is -0.472 e. The molecule has 1 N–H and O–H groups in total. The maximum atomic E-state index is 12.1. The van der Waals surface area contributed by atoms with Crippen molar-refractivity contribution in [1.29, 1.82) is 0 Å². The standard InChI is InChI=1S/C12H16N4O2/c1-8(2)10-13-11(15-14-10)12(17)16(3)6-9-4-5-18-7-9/h4-5,7-8H,6H2,1-3H3,(H,13,14,15). The third kappa shape index (κ3) is 2.58. The summed E-state index contributed by atoms with van der Waals surface area (Å²) in [5.74, 6) is 0.928. The van der Waals surface area contributed by atoms with Crippen LogP contribution in [-0.2, 0) is 6.54 Å². The van der Waals surface area contributed by atoms with E-state index in [-0.39, 0.29) is 17.6 Å². The number of rotatable bonds is 4. The predicted molar refractivity (Wildman–Crippen MR) is 65.0 cm³/mol. The van der Waals surface area contributed by atoms with E-state index in [1.54, 1.807) is 24.5 Å². The molecule has 0 fully saturated rings. The van der Waals surface area contributed by atoms with Gasteiger partial charge in [-0.25, -0.2) is 4.98 Å². The molecule has 0 aliphatic heterocycles. The minimum atomic E-state index is -0.209. The fraction of sp³-hybridized carbons (Fsp3) is 0.417. The van der Waals surface area contributed by atoms with Gasteiger partial charge >= 0.3 is 0 Å². The Morgan fingerprint density at radius 3 is 2.89 bits per heavy atom. The smallest absolute Gasteiger partial charge is 0.293 e. The molecule has 2 heterocycles. The molecule has 6 nitrogen and oxygen atoms in total. The first-order chi connectivity index (χ1) is 8.58. The molecule has 0 saturated carbocycles. The molecule has 0 spiro atoms. The Bertz CT molecular complexity index is 516. The lowest BCUT2D eigenvalue weighted by molar-refractivity contribution is 0.0773. The second-order valence-corrected chi connectivity index (χ2v) is 4.49. The average molecular weight is 248 g/mol. The Balaban J connectivity index is 2.05. The van der Waals surface area contributed by atoms with Gasteiger partial charge < -0.3 is 9.32 Å². The molecule has 0 aliphatic rings. The van der Waals surface area contributed by atoms with Crippen LogP contribution in [0.4, 0.5) is 0 Å². The highest BCUT2D eigenvalue weighted by atomic mass is 16.3. The zero-order valence-electron chi connectivity index (χ0n) is 10.7. The van der Waals surface area contributed by atoms with Crippen LogP contribution in [0.5, 0.6) is 0 Å². The van der Waals surface area contributed by atoms with Crippen LogP contribution in [-0.4, -0.2) is 33.0 Å². The molecule has 96 valence electrons. The number of hydrogen-bond donors (Lipinski definition) is 1. The van der Waals surface area contributed by atoms with E-state index in [2.05, 4.69) is 15.2 Å². The van der Waals surface area contributed by atoms with Gasteiger partial charge in [-0.2, -0.15) is 0 Å². The molecular weight excluding hydrogens is 232 g/mol. The summed E-state index contributed by atoms with van der Waals surface area (Å²) in [6, 6.07) is 1.82. The maximum Gasteiger partial charge on any atom is 0.293 e. The molecule has 6 heteroatoms. The first-order valence-electron chi connectivity index (χ1n) is 5.76. The molecule has 0 bridgehead atoms. The lowest BCUT2D eigenvalue weighted by Gasteiger charge is -2.13. The summed E-state index contributed by atoms with van der Waals surface area (Å²) >= 11 is 0. The van der Waals surface area contributed by atoms with Crippen molar-refractivity contribution < 1.29 is 9.21 Å². The average Bonchev–Trinajstić information content (AvgIpc) is 2.98. The monoisotopic (exact) mass is 248 g/mol. The van der Waals surface area contributed by atoms with Crippen molar-refractivity contribution >= 4 is 5.91 Å². The molecule has 1 amide bonds. The summed E-state index contributed by atoms with van der Waals surface area (Å²) in [6.45, 7) is 4.45. The highest BCUT2D eigenvalue weighted by molar-refractivity contribution is 5.90. The van der Waals surface area contributed by atoms with Gasteiger partial charge in [-0.1, -0.05) is 13.8 Å². The van der Waals surface area contributed by atoms with E-state index in [1.165, 1.54) is 0 Å². The normalized spacial score (nSPS) is 10.9. The number of carbonyl (C=O) groups is 1. The number of nitrogens with one attached hydrogen (secondary N) is 1. The van der Waals surface area contributed by atoms with Gasteiger partial charge in [0.25, 0.3) is 5.91 Å². The Morgan fingerprint density at radius 1 is 1.56 bits per heavy atom. The quantitative estimate of drug-likeness (QED) is 0.895. The van der Waals surface area contributed by atoms with Crippen LogP contribution in [0, 0.1) is 0 Å². The lowest BCUT2D eigenvalue weighted by Crippen LogP contribution is -2.27. The summed E-state index contributed by atoms with van der Waals surface area (Å²) < 4.78 is 4.96. The second kappa shape index (κ2) is 5.03. The topological polar surface area (TPSA) is 75.0 Å². The summed E-state index contributed by atoms with van der Waals surface area (Å²) in [5, 5.41) is 6.71. The number of H-pyrrole nitrogens is 1. The van der Waals surface area contributed by atoms with Crippen molar-refractivity contribution in [3.8, 4) is 0 Å². The van der Waals surface area contributed by atoms with Crippen LogP contribution < -0.4 is 0 Å². The van der Waals surface area contributed by atoms with Crippen molar-refractivity contribution in [3.05, 3.63) is 35.8 Å². The van der Waals surface area contributed by atoms with Gasteiger partial charge in [-0.3, -0.25) is 9.89 Å². The predicted octanol–water partition coefficient (Wildman–Crippen LogP) is 1.79. The number of carbonyl (C=O) groups excluding carboxylic acids is 1. The molecule has 0 saturated heterocycles. The molecule has 0 aromatic carbocycles. The minimum absolute atomic E-state index is 0.199. The molecule has 2 rings (SSSR count). The largest absolute Gasteiger partial charge is 0.472 e. The van der Waals surface area contributed by atoms with Gasteiger partial charge in [0.15, 0.2) is 0 Å². The summed E-state index contributed by atoms with van der Waals surface area (Å²) in [5.41, 5.74) is 0.936. The molecule has 2 aromatic rings. The van der Waals surface area contributed by atoms with E-state index in [0.717, 1.165) is 11.4 Å².